The second-order valence-corrected chi connectivity index (χ2v) is 5.84. The summed E-state index contributed by atoms with van der Waals surface area (Å²) in [6, 6.07) is 17.1. The minimum Gasteiger partial charge on any atom is -0.494 e. The Morgan fingerprint density at radius 3 is 2.28 bits per heavy atom. The van der Waals surface area contributed by atoms with E-state index in [4.69, 9.17) is 10.00 Å². The number of ether oxygens (including phenoxy) is 1. The average Bonchev–Trinajstić information content (AvgIpc) is 2.64. The Labute approximate surface area is 149 Å². The smallest absolute Gasteiger partial charge is 0.227 e. The van der Waals surface area contributed by atoms with E-state index in [0.29, 0.717) is 25.1 Å². The standard InChI is InChI=1S/C21H24N2O2/c1-4-23(16(3)19-10-6-18(15-22)7-11-19)21(24)14-17-8-12-20(13-9-17)25-5-2/h6-13,16H,4-5,14H2,1-3H3. The van der Waals surface area contributed by atoms with Gasteiger partial charge in [-0.05, 0) is 56.2 Å². The molecule has 0 aliphatic carbocycles. The van der Waals surface area contributed by atoms with E-state index in [0.717, 1.165) is 16.9 Å². The number of carbonyl (C=O) groups excluding carboxylic acids is 1. The van der Waals surface area contributed by atoms with Crippen LogP contribution in [-0.2, 0) is 11.2 Å². The van der Waals surface area contributed by atoms with Crippen LogP contribution in [0.25, 0.3) is 0 Å². The highest BCUT2D eigenvalue weighted by Crippen LogP contribution is 2.22. The Balaban J connectivity index is 2.07. The second-order valence-electron chi connectivity index (χ2n) is 5.84. The molecule has 0 aliphatic rings. The molecule has 2 rings (SSSR count). The first-order chi connectivity index (χ1) is 12.1. The third kappa shape index (κ3) is 4.84. The molecule has 130 valence electrons. The largest absolute Gasteiger partial charge is 0.494 e. The van der Waals surface area contributed by atoms with Gasteiger partial charge in [-0.2, -0.15) is 5.26 Å². The molecule has 0 bridgehead atoms. The van der Waals surface area contributed by atoms with E-state index in [1.54, 1.807) is 12.1 Å². The lowest BCUT2D eigenvalue weighted by Gasteiger charge is -2.28. The van der Waals surface area contributed by atoms with Gasteiger partial charge in [0.15, 0.2) is 0 Å². The van der Waals surface area contributed by atoms with Crippen molar-refractivity contribution >= 4 is 5.91 Å². The number of amides is 1. The Kier molecular flexibility index (Phi) is 6.59. The van der Waals surface area contributed by atoms with Crippen LogP contribution >= 0.6 is 0 Å². The van der Waals surface area contributed by atoms with E-state index in [1.807, 2.05) is 62.1 Å². The van der Waals surface area contributed by atoms with E-state index in [-0.39, 0.29) is 11.9 Å². The van der Waals surface area contributed by atoms with Gasteiger partial charge in [0.2, 0.25) is 5.91 Å². The molecule has 0 N–H and O–H groups in total. The van der Waals surface area contributed by atoms with Crippen molar-refractivity contribution in [2.45, 2.75) is 33.2 Å². The number of rotatable bonds is 7. The van der Waals surface area contributed by atoms with E-state index >= 15 is 0 Å². The zero-order chi connectivity index (χ0) is 18.2. The summed E-state index contributed by atoms with van der Waals surface area (Å²) < 4.78 is 5.43. The van der Waals surface area contributed by atoms with Crippen LogP contribution in [0.4, 0.5) is 0 Å². The molecule has 2 aromatic rings. The summed E-state index contributed by atoms with van der Waals surface area (Å²) in [5, 5.41) is 8.90. The van der Waals surface area contributed by atoms with Crippen molar-refractivity contribution in [1.82, 2.24) is 4.90 Å². The van der Waals surface area contributed by atoms with Crippen molar-refractivity contribution in [1.29, 1.82) is 5.26 Å². The highest BCUT2D eigenvalue weighted by Gasteiger charge is 2.20. The first-order valence-corrected chi connectivity index (χ1v) is 8.60. The maximum atomic E-state index is 12.7. The highest BCUT2D eigenvalue weighted by atomic mass is 16.5. The van der Waals surface area contributed by atoms with Crippen LogP contribution in [0.5, 0.6) is 5.75 Å². The molecule has 4 heteroatoms. The maximum Gasteiger partial charge on any atom is 0.227 e. The fourth-order valence-electron chi connectivity index (χ4n) is 2.83. The Bertz CT molecular complexity index is 730. The summed E-state index contributed by atoms with van der Waals surface area (Å²) in [5.41, 5.74) is 2.62. The van der Waals surface area contributed by atoms with Gasteiger partial charge in [-0.1, -0.05) is 24.3 Å². The highest BCUT2D eigenvalue weighted by molar-refractivity contribution is 5.79. The van der Waals surface area contributed by atoms with Crippen molar-refractivity contribution in [3.05, 3.63) is 65.2 Å². The Morgan fingerprint density at radius 1 is 1.12 bits per heavy atom. The van der Waals surface area contributed by atoms with Crippen LogP contribution in [0.1, 0.15) is 43.5 Å². The molecule has 0 heterocycles. The molecule has 25 heavy (non-hydrogen) atoms. The van der Waals surface area contributed by atoms with E-state index in [1.165, 1.54) is 0 Å². The predicted octanol–water partition coefficient (Wildman–Crippen LogP) is 4.11. The van der Waals surface area contributed by atoms with Crippen LogP contribution in [0.2, 0.25) is 0 Å². The van der Waals surface area contributed by atoms with E-state index in [2.05, 4.69) is 6.07 Å². The fraction of sp³-hybridized carbons (Fsp3) is 0.333. The van der Waals surface area contributed by atoms with Crippen molar-refractivity contribution in [2.24, 2.45) is 0 Å². The summed E-state index contributed by atoms with van der Waals surface area (Å²) >= 11 is 0. The Hall–Kier alpha value is -2.80. The molecule has 0 saturated heterocycles. The number of hydrogen-bond acceptors (Lipinski definition) is 3. The first kappa shape index (κ1) is 18.5. The van der Waals surface area contributed by atoms with Crippen molar-refractivity contribution < 1.29 is 9.53 Å². The molecule has 1 atom stereocenters. The second kappa shape index (κ2) is 8.89. The average molecular weight is 336 g/mol. The van der Waals surface area contributed by atoms with Crippen LogP contribution < -0.4 is 4.74 Å². The van der Waals surface area contributed by atoms with Gasteiger partial charge in [0.25, 0.3) is 0 Å². The number of hydrogen-bond donors (Lipinski definition) is 0. The molecule has 0 fully saturated rings. The lowest BCUT2D eigenvalue weighted by molar-refractivity contribution is -0.132. The van der Waals surface area contributed by atoms with Crippen molar-refractivity contribution in [3.8, 4) is 11.8 Å². The summed E-state index contributed by atoms with van der Waals surface area (Å²) in [4.78, 5) is 14.6. The van der Waals surface area contributed by atoms with Crippen LogP contribution in [0, 0.1) is 11.3 Å². The zero-order valence-corrected chi connectivity index (χ0v) is 15.0. The van der Waals surface area contributed by atoms with E-state index < -0.39 is 0 Å². The zero-order valence-electron chi connectivity index (χ0n) is 15.0. The number of nitriles is 1. The molecule has 4 nitrogen and oxygen atoms in total. The summed E-state index contributed by atoms with van der Waals surface area (Å²) in [6.07, 6.45) is 0.362. The quantitative estimate of drug-likeness (QED) is 0.764. The number of likely N-dealkylation sites (N-methyl/N-ethyl adjacent to an activating group) is 1. The van der Waals surface area contributed by atoms with Gasteiger partial charge in [-0.3, -0.25) is 4.79 Å². The normalized spacial score (nSPS) is 11.4. The SMILES string of the molecule is CCOc1ccc(CC(=O)N(CC)C(C)c2ccc(C#N)cc2)cc1. The van der Waals surface area contributed by atoms with Gasteiger partial charge in [0.05, 0.1) is 30.7 Å². The molecule has 0 aromatic heterocycles. The topological polar surface area (TPSA) is 53.3 Å². The van der Waals surface area contributed by atoms with Crippen LogP contribution in [0.3, 0.4) is 0 Å². The van der Waals surface area contributed by atoms with Crippen LogP contribution in [-0.4, -0.2) is 24.0 Å². The number of nitrogens with zero attached hydrogens (tertiary/aromatic N) is 2. The molecule has 1 amide bonds. The van der Waals surface area contributed by atoms with E-state index in [9.17, 15) is 4.79 Å². The van der Waals surface area contributed by atoms with Gasteiger partial charge in [0, 0.05) is 6.54 Å². The molecule has 0 spiro atoms. The fourth-order valence-corrected chi connectivity index (χ4v) is 2.83. The third-order valence-corrected chi connectivity index (χ3v) is 4.24. The molecule has 0 aliphatic heterocycles. The third-order valence-electron chi connectivity index (χ3n) is 4.24. The minimum absolute atomic E-state index is 0.0343. The summed E-state index contributed by atoms with van der Waals surface area (Å²) in [5.74, 6) is 0.903. The Morgan fingerprint density at radius 2 is 1.76 bits per heavy atom. The lowest BCUT2D eigenvalue weighted by Crippen LogP contribution is -2.34. The van der Waals surface area contributed by atoms with Gasteiger partial charge in [-0.15, -0.1) is 0 Å². The van der Waals surface area contributed by atoms with Gasteiger partial charge in [-0.25, -0.2) is 0 Å². The molecule has 1 unspecified atom stereocenters. The number of benzene rings is 2. The minimum atomic E-state index is -0.0343. The van der Waals surface area contributed by atoms with Crippen molar-refractivity contribution in [3.63, 3.8) is 0 Å². The maximum absolute atomic E-state index is 12.7. The molecule has 0 saturated carbocycles. The predicted molar refractivity (Wildman–Crippen MR) is 98.3 cm³/mol. The molecular formula is C21H24N2O2. The van der Waals surface area contributed by atoms with Gasteiger partial charge in [0.1, 0.15) is 5.75 Å². The molecular weight excluding hydrogens is 312 g/mol. The number of carbonyl (C=O) groups is 1. The molecule has 0 radical (unpaired) electrons. The molecule has 2 aromatic carbocycles. The monoisotopic (exact) mass is 336 g/mol. The lowest BCUT2D eigenvalue weighted by atomic mass is 10.0. The van der Waals surface area contributed by atoms with Crippen LogP contribution in [0.15, 0.2) is 48.5 Å². The summed E-state index contributed by atoms with van der Waals surface area (Å²) in [7, 11) is 0. The van der Waals surface area contributed by atoms with Crippen molar-refractivity contribution in [2.75, 3.05) is 13.2 Å². The van der Waals surface area contributed by atoms with Gasteiger partial charge >= 0.3 is 0 Å². The van der Waals surface area contributed by atoms with Gasteiger partial charge < -0.3 is 9.64 Å². The first-order valence-electron chi connectivity index (χ1n) is 8.60. The summed E-state index contributed by atoms with van der Waals surface area (Å²) in [6.45, 7) is 7.21.